The van der Waals surface area contributed by atoms with Crippen LogP contribution in [-0.2, 0) is 16.0 Å². The lowest BCUT2D eigenvalue weighted by molar-refractivity contribution is -0.122. The van der Waals surface area contributed by atoms with Crippen molar-refractivity contribution in [1.29, 1.82) is 0 Å². The van der Waals surface area contributed by atoms with Crippen LogP contribution >= 0.6 is 0 Å². The van der Waals surface area contributed by atoms with Crippen molar-refractivity contribution in [2.75, 3.05) is 16.8 Å². The second-order valence-corrected chi connectivity index (χ2v) is 7.06. The van der Waals surface area contributed by atoms with E-state index in [4.69, 9.17) is 4.74 Å². The molecule has 0 saturated carbocycles. The number of ether oxygens (including phenoxy) is 1. The van der Waals surface area contributed by atoms with E-state index in [-0.39, 0.29) is 18.6 Å². The number of para-hydroxylation sites is 3. The van der Waals surface area contributed by atoms with E-state index >= 15 is 0 Å². The van der Waals surface area contributed by atoms with Crippen LogP contribution in [0.15, 0.2) is 78.9 Å². The smallest absolute Gasteiger partial charge is 0.340 e. The highest BCUT2D eigenvalue weighted by atomic mass is 16.5. The Morgan fingerprint density at radius 2 is 1.66 bits per heavy atom. The molecule has 3 aromatic rings. The van der Waals surface area contributed by atoms with Crippen molar-refractivity contribution in [2.45, 2.75) is 19.4 Å². The summed E-state index contributed by atoms with van der Waals surface area (Å²) in [5.74, 6) is -0.748. The maximum Gasteiger partial charge on any atom is 0.340 e. The first-order valence-electron chi connectivity index (χ1n) is 9.61. The fourth-order valence-corrected chi connectivity index (χ4v) is 3.67. The average molecular weight is 386 g/mol. The van der Waals surface area contributed by atoms with Gasteiger partial charge in [-0.1, -0.05) is 48.5 Å². The number of amides is 1. The van der Waals surface area contributed by atoms with Crippen LogP contribution in [0, 0.1) is 0 Å². The Labute approximate surface area is 169 Å². The second kappa shape index (κ2) is 8.19. The van der Waals surface area contributed by atoms with E-state index in [1.54, 1.807) is 17.0 Å². The summed E-state index contributed by atoms with van der Waals surface area (Å²) in [6, 6.07) is 24.6. The Morgan fingerprint density at radius 1 is 0.966 bits per heavy atom. The van der Waals surface area contributed by atoms with E-state index in [0.29, 0.717) is 11.3 Å². The molecule has 1 atom stereocenters. The summed E-state index contributed by atoms with van der Waals surface area (Å²) in [6.07, 6.45) is 0.805. The van der Waals surface area contributed by atoms with Gasteiger partial charge in [0, 0.05) is 17.4 Å². The molecule has 29 heavy (non-hydrogen) atoms. The van der Waals surface area contributed by atoms with Crippen molar-refractivity contribution in [3.8, 4) is 0 Å². The summed E-state index contributed by atoms with van der Waals surface area (Å²) in [7, 11) is 0. The molecule has 3 aromatic carbocycles. The third-order valence-corrected chi connectivity index (χ3v) is 5.00. The van der Waals surface area contributed by atoms with Crippen LogP contribution in [0.25, 0.3) is 0 Å². The number of esters is 1. The first-order valence-corrected chi connectivity index (χ1v) is 9.61. The Bertz CT molecular complexity index is 1030. The molecule has 0 fully saturated rings. The molecule has 0 saturated heterocycles. The first-order chi connectivity index (χ1) is 14.1. The van der Waals surface area contributed by atoms with Crippen molar-refractivity contribution in [3.63, 3.8) is 0 Å². The molecule has 5 heteroatoms. The van der Waals surface area contributed by atoms with Gasteiger partial charge in [0.05, 0.1) is 11.3 Å². The van der Waals surface area contributed by atoms with E-state index in [2.05, 4.69) is 5.32 Å². The Kier molecular flexibility index (Phi) is 5.29. The van der Waals surface area contributed by atoms with Gasteiger partial charge in [0.1, 0.15) is 0 Å². The number of hydrogen-bond acceptors (Lipinski definition) is 4. The molecule has 0 aliphatic carbocycles. The zero-order valence-corrected chi connectivity index (χ0v) is 16.2. The number of benzene rings is 3. The molecule has 0 unspecified atom stereocenters. The lowest BCUT2D eigenvalue weighted by atomic mass is 10.1. The van der Waals surface area contributed by atoms with Crippen LogP contribution < -0.4 is 10.2 Å². The van der Waals surface area contributed by atoms with E-state index in [1.807, 2.05) is 73.7 Å². The van der Waals surface area contributed by atoms with Crippen LogP contribution in [0.5, 0.6) is 0 Å². The van der Waals surface area contributed by atoms with Gasteiger partial charge < -0.3 is 15.0 Å². The van der Waals surface area contributed by atoms with Crippen molar-refractivity contribution in [3.05, 3.63) is 90.0 Å². The Hall–Kier alpha value is -3.60. The SMILES string of the molecule is C[C@H]1Cc2ccccc2N1C(=O)COC(=O)c1ccccc1Nc1ccccc1. The molecule has 1 N–H and O–H groups in total. The van der Waals surface area contributed by atoms with Gasteiger partial charge in [-0.25, -0.2) is 4.79 Å². The van der Waals surface area contributed by atoms with E-state index < -0.39 is 5.97 Å². The van der Waals surface area contributed by atoms with E-state index in [9.17, 15) is 9.59 Å². The monoisotopic (exact) mass is 386 g/mol. The van der Waals surface area contributed by atoms with Crippen LogP contribution in [0.1, 0.15) is 22.8 Å². The molecule has 4 rings (SSSR count). The fourth-order valence-electron chi connectivity index (χ4n) is 3.67. The van der Waals surface area contributed by atoms with Crippen LogP contribution in [0.3, 0.4) is 0 Å². The van der Waals surface area contributed by atoms with Crippen molar-refractivity contribution >= 4 is 28.9 Å². The lowest BCUT2D eigenvalue weighted by Gasteiger charge is -2.22. The topological polar surface area (TPSA) is 58.6 Å². The fraction of sp³-hybridized carbons (Fsp3) is 0.167. The summed E-state index contributed by atoms with van der Waals surface area (Å²) in [5.41, 5.74) is 3.92. The number of nitrogens with one attached hydrogen (secondary N) is 1. The Balaban J connectivity index is 1.45. The van der Waals surface area contributed by atoms with Crippen LogP contribution in [0.2, 0.25) is 0 Å². The van der Waals surface area contributed by atoms with Gasteiger partial charge in [-0.2, -0.15) is 0 Å². The highest BCUT2D eigenvalue weighted by Crippen LogP contribution is 2.32. The maximum atomic E-state index is 12.8. The van der Waals surface area contributed by atoms with Gasteiger partial charge in [0.25, 0.3) is 5.91 Å². The van der Waals surface area contributed by atoms with E-state index in [1.165, 1.54) is 0 Å². The number of nitrogens with zero attached hydrogens (tertiary/aromatic N) is 1. The number of rotatable bonds is 5. The minimum absolute atomic E-state index is 0.0469. The molecular weight excluding hydrogens is 364 g/mol. The summed E-state index contributed by atoms with van der Waals surface area (Å²) in [4.78, 5) is 27.2. The van der Waals surface area contributed by atoms with Crippen molar-refractivity contribution < 1.29 is 14.3 Å². The van der Waals surface area contributed by atoms with Gasteiger partial charge in [0.2, 0.25) is 0 Å². The van der Waals surface area contributed by atoms with E-state index in [0.717, 1.165) is 23.4 Å². The molecule has 1 aliphatic heterocycles. The number of carbonyl (C=O) groups excluding carboxylic acids is 2. The average Bonchev–Trinajstić information content (AvgIpc) is 3.08. The van der Waals surface area contributed by atoms with Gasteiger partial charge >= 0.3 is 5.97 Å². The lowest BCUT2D eigenvalue weighted by Crippen LogP contribution is -2.38. The minimum atomic E-state index is -0.530. The number of fused-ring (bicyclic) bond motifs is 1. The predicted molar refractivity (Wildman–Crippen MR) is 114 cm³/mol. The molecule has 5 nitrogen and oxygen atoms in total. The highest BCUT2D eigenvalue weighted by molar-refractivity contribution is 6.01. The quantitative estimate of drug-likeness (QED) is 0.653. The second-order valence-electron chi connectivity index (χ2n) is 7.06. The van der Waals surface area contributed by atoms with Crippen LogP contribution in [0.4, 0.5) is 17.1 Å². The van der Waals surface area contributed by atoms with Gasteiger partial charge in [-0.3, -0.25) is 4.79 Å². The number of hydrogen-bond donors (Lipinski definition) is 1. The first kappa shape index (κ1) is 18.7. The third-order valence-electron chi connectivity index (χ3n) is 5.00. The molecule has 0 bridgehead atoms. The van der Waals surface area contributed by atoms with Crippen molar-refractivity contribution in [2.24, 2.45) is 0 Å². The molecule has 0 spiro atoms. The standard InChI is InChI=1S/C24H22N2O3/c1-17-15-18-9-5-8-14-22(18)26(17)23(27)16-29-24(28)20-12-6-7-13-21(20)25-19-10-3-2-4-11-19/h2-14,17,25H,15-16H2,1H3/t17-/m0/s1. The van der Waals surface area contributed by atoms with Gasteiger partial charge in [0.15, 0.2) is 6.61 Å². The van der Waals surface area contributed by atoms with Gasteiger partial charge in [-0.05, 0) is 49.2 Å². The molecule has 0 radical (unpaired) electrons. The van der Waals surface area contributed by atoms with Crippen LogP contribution in [-0.4, -0.2) is 24.5 Å². The number of anilines is 3. The minimum Gasteiger partial charge on any atom is -0.452 e. The summed E-state index contributed by atoms with van der Waals surface area (Å²) in [6.45, 7) is 1.70. The maximum absolute atomic E-state index is 12.8. The van der Waals surface area contributed by atoms with Crippen molar-refractivity contribution in [1.82, 2.24) is 0 Å². The molecule has 0 aromatic heterocycles. The normalized spacial score (nSPS) is 14.9. The molecular formula is C24H22N2O3. The largest absolute Gasteiger partial charge is 0.452 e. The molecule has 146 valence electrons. The molecule has 1 aliphatic rings. The zero-order chi connectivity index (χ0) is 20.2. The predicted octanol–water partition coefficient (Wildman–Crippen LogP) is 4.56. The summed E-state index contributed by atoms with van der Waals surface area (Å²) in [5, 5.41) is 3.22. The Morgan fingerprint density at radius 3 is 2.48 bits per heavy atom. The third kappa shape index (κ3) is 3.99. The zero-order valence-electron chi connectivity index (χ0n) is 16.2. The summed E-state index contributed by atoms with van der Waals surface area (Å²) < 4.78 is 5.37. The molecule has 1 heterocycles. The molecule has 1 amide bonds. The number of carbonyl (C=O) groups is 2. The summed E-state index contributed by atoms with van der Waals surface area (Å²) >= 11 is 0. The highest BCUT2D eigenvalue weighted by Gasteiger charge is 2.31. The van der Waals surface area contributed by atoms with Gasteiger partial charge in [-0.15, -0.1) is 0 Å².